The molecular weight excluding hydrogens is 360 g/mol. The van der Waals surface area contributed by atoms with E-state index in [4.69, 9.17) is 0 Å². The second kappa shape index (κ2) is 14.9. The van der Waals surface area contributed by atoms with E-state index in [1.54, 1.807) is 25.7 Å². The minimum absolute atomic E-state index is 0.898. The van der Waals surface area contributed by atoms with Gasteiger partial charge in [-0.15, -0.1) is 0 Å². The lowest BCUT2D eigenvalue weighted by atomic mass is 9.92. The molecule has 30 heavy (non-hydrogen) atoms. The van der Waals surface area contributed by atoms with E-state index in [2.05, 4.69) is 48.6 Å². The van der Waals surface area contributed by atoms with Gasteiger partial charge >= 0.3 is 0 Å². The molecule has 4 saturated carbocycles. The Morgan fingerprint density at radius 2 is 0.700 bits per heavy atom. The molecule has 4 fully saturated rings. The molecule has 0 aromatic rings. The van der Waals surface area contributed by atoms with Crippen LogP contribution >= 0.6 is 0 Å². The van der Waals surface area contributed by atoms with E-state index in [-0.39, 0.29) is 0 Å². The van der Waals surface area contributed by atoms with Crippen LogP contribution in [0.4, 0.5) is 0 Å². The highest BCUT2D eigenvalue weighted by Gasteiger charge is 2.30. The van der Waals surface area contributed by atoms with Crippen molar-refractivity contribution in [3.05, 3.63) is 48.6 Å². The van der Waals surface area contributed by atoms with Crippen LogP contribution in [0.15, 0.2) is 48.6 Å². The Hall–Kier alpha value is -1.04. The van der Waals surface area contributed by atoms with Gasteiger partial charge in [-0.05, 0) is 62.2 Å². The molecular formula is C30H48. The lowest BCUT2D eigenvalue weighted by Gasteiger charge is -2.13. The zero-order valence-electron chi connectivity index (χ0n) is 19.7. The first-order valence-electron chi connectivity index (χ1n) is 13.6. The maximum absolute atomic E-state index is 2.36. The van der Waals surface area contributed by atoms with E-state index < -0.39 is 0 Å². The predicted molar refractivity (Wildman–Crippen MR) is 134 cm³/mol. The van der Waals surface area contributed by atoms with Crippen molar-refractivity contribution in [3.8, 4) is 0 Å². The van der Waals surface area contributed by atoms with Gasteiger partial charge in [0.15, 0.2) is 0 Å². The van der Waals surface area contributed by atoms with Crippen molar-refractivity contribution < 1.29 is 0 Å². The molecule has 0 amide bonds. The summed E-state index contributed by atoms with van der Waals surface area (Å²) in [6.07, 6.45) is 44.2. The summed E-state index contributed by atoms with van der Waals surface area (Å²) in [5, 5.41) is 0. The van der Waals surface area contributed by atoms with Crippen LogP contribution in [-0.4, -0.2) is 0 Å². The molecule has 2 unspecified atom stereocenters. The molecule has 0 aromatic carbocycles. The summed E-state index contributed by atoms with van der Waals surface area (Å²) in [6, 6.07) is 0. The maximum atomic E-state index is 2.36. The van der Waals surface area contributed by atoms with Gasteiger partial charge in [-0.25, -0.2) is 0 Å². The molecule has 0 aromatic heterocycles. The average molecular weight is 409 g/mol. The third kappa shape index (κ3) is 8.99. The van der Waals surface area contributed by atoms with Crippen LogP contribution in [0.25, 0.3) is 0 Å². The minimum Gasteiger partial charge on any atom is -0.0882 e. The fraction of sp³-hybridized carbons (Fsp3) is 0.733. The highest BCUT2D eigenvalue weighted by atomic mass is 14.4. The molecule has 0 nitrogen and oxygen atoms in total. The highest BCUT2D eigenvalue weighted by molar-refractivity contribution is 5.15. The van der Waals surface area contributed by atoms with Crippen molar-refractivity contribution in [2.45, 2.75) is 116 Å². The topological polar surface area (TPSA) is 0 Å². The molecule has 0 heteroatoms. The second-order valence-electron chi connectivity index (χ2n) is 10.3. The Morgan fingerprint density at radius 3 is 1.07 bits per heavy atom. The van der Waals surface area contributed by atoms with Crippen molar-refractivity contribution in [2.24, 2.45) is 23.7 Å². The van der Waals surface area contributed by atoms with Crippen LogP contribution < -0.4 is 0 Å². The smallest absolute Gasteiger partial charge is 0.0167 e. The van der Waals surface area contributed by atoms with Crippen LogP contribution in [-0.2, 0) is 0 Å². The Labute approximate surface area is 188 Å². The van der Waals surface area contributed by atoms with Gasteiger partial charge in [0.1, 0.15) is 0 Å². The summed E-state index contributed by atoms with van der Waals surface area (Å²) < 4.78 is 0. The summed E-state index contributed by atoms with van der Waals surface area (Å²) in [7, 11) is 0. The molecule has 0 aliphatic heterocycles. The van der Waals surface area contributed by atoms with Crippen LogP contribution in [0.5, 0.6) is 0 Å². The lowest BCUT2D eigenvalue weighted by molar-refractivity contribution is 0.457. The quantitative estimate of drug-likeness (QED) is 0.350. The summed E-state index contributed by atoms with van der Waals surface area (Å²) in [4.78, 5) is 0. The molecule has 0 saturated heterocycles. The second-order valence-corrected chi connectivity index (χ2v) is 10.3. The van der Waals surface area contributed by atoms with Crippen LogP contribution in [0, 0.1) is 23.7 Å². The number of rotatable bonds is 0. The first-order valence-corrected chi connectivity index (χ1v) is 13.6. The standard InChI is InChI=1S/C9H12.C8H14.C8H12.C5H10/c1-2-5-9-7-3-6-8(9)4-1;1-3-7-5-2-6-8(7)4-1;1-2-4-6-8-7-5-3-1;1-2-4-5-3-1/h1-2,4-5,8-9H,3,6-7H2;7-8H,1-6H2;1-2,7-8H,3-6H2;1-5H2/b;;2-1-,8-7?;. The summed E-state index contributed by atoms with van der Waals surface area (Å²) in [5.74, 6) is 4.15. The average Bonchev–Trinajstić information content (AvgIpc) is 3.55. The van der Waals surface area contributed by atoms with E-state index in [1.165, 1.54) is 102 Å². The van der Waals surface area contributed by atoms with E-state index >= 15 is 0 Å². The normalized spacial score (nSPS) is 34.1. The maximum Gasteiger partial charge on any atom is -0.0167 e. The molecule has 6 aliphatic carbocycles. The number of hydrogen-bond acceptors (Lipinski definition) is 0. The van der Waals surface area contributed by atoms with Gasteiger partial charge in [0.05, 0.1) is 0 Å². The van der Waals surface area contributed by atoms with E-state index in [0.29, 0.717) is 0 Å². The van der Waals surface area contributed by atoms with Gasteiger partial charge in [0.25, 0.3) is 0 Å². The van der Waals surface area contributed by atoms with Crippen LogP contribution in [0.2, 0.25) is 0 Å². The molecule has 0 bridgehead atoms. The zero-order chi connectivity index (χ0) is 20.7. The summed E-state index contributed by atoms with van der Waals surface area (Å²) >= 11 is 0. The van der Waals surface area contributed by atoms with Gasteiger partial charge in [0.2, 0.25) is 0 Å². The minimum atomic E-state index is 0.898. The Kier molecular flexibility index (Phi) is 11.7. The van der Waals surface area contributed by atoms with Crippen molar-refractivity contribution >= 4 is 0 Å². The SMILES string of the molecule is C1=CC2CCCC2C=C1.C1=CCC/C=C\CC1.C1CC2CCCC2C1.C1CCCC1. The number of allylic oxidation sites excluding steroid dienone is 8. The van der Waals surface area contributed by atoms with Crippen LogP contribution in [0.3, 0.4) is 0 Å². The molecule has 0 radical (unpaired) electrons. The van der Waals surface area contributed by atoms with E-state index in [0.717, 1.165) is 11.8 Å². The summed E-state index contributed by atoms with van der Waals surface area (Å²) in [5.41, 5.74) is 0. The van der Waals surface area contributed by atoms with Crippen molar-refractivity contribution in [3.63, 3.8) is 0 Å². The fourth-order valence-electron chi connectivity index (χ4n) is 6.17. The molecule has 0 spiro atoms. The molecule has 6 aliphatic rings. The van der Waals surface area contributed by atoms with Gasteiger partial charge < -0.3 is 0 Å². The highest BCUT2D eigenvalue weighted by Crippen LogP contribution is 2.43. The zero-order valence-corrected chi connectivity index (χ0v) is 19.7. The van der Waals surface area contributed by atoms with Crippen molar-refractivity contribution in [1.82, 2.24) is 0 Å². The predicted octanol–water partition coefficient (Wildman–Crippen LogP) is 9.74. The Bertz CT molecular complexity index is 473. The lowest BCUT2D eigenvalue weighted by Crippen LogP contribution is -2.03. The molecule has 6 rings (SSSR count). The van der Waals surface area contributed by atoms with Crippen molar-refractivity contribution in [1.29, 1.82) is 0 Å². The van der Waals surface area contributed by atoms with Crippen molar-refractivity contribution in [2.75, 3.05) is 0 Å². The van der Waals surface area contributed by atoms with Crippen LogP contribution in [0.1, 0.15) is 116 Å². The number of fused-ring (bicyclic) bond motifs is 2. The van der Waals surface area contributed by atoms with E-state index in [1.807, 2.05) is 0 Å². The van der Waals surface area contributed by atoms with Gasteiger partial charge in [-0.3, -0.25) is 0 Å². The summed E-state index contributed by atoms with van der Waals surface area (Å²) in [6.45, 7) is 0. The Morgan fingerprint density at radius 1 is 0.367 bits per heavy atom. The largest absolute Gasteiger partial charge is 0.0882 e. The molecule has 0 N–H and O–H groups in total. The fourth-order valence-corrected chi connectivity index (χ4v) is 6.17. The van der Waals surface area contributed by atoms with E-state index in [9.17, 15) is 0 Å². The molecule has 168 valence electrons. The first kappa shape index (κ1) is 23.6. The Balaban J connectivity index is 0.000000116. The first-order chi connectivity index (χ1) is 14.9. The van der Waals surface area contributed by atoms with Gasteiger partial charge in [-0.1, -0.05) is 126 Å². The monoisotopic (exact) mass is 408 g/mol. The number of hydrogen-bond donors (Lipinski definition) is 0. The molecule has 0 heterocycles. The molecule has 2 atom stereocenters. The third-order valence-corrected chi connectivity index (χ3v) is 8.00. The van der Waals surface area contributed by atoms with Gasteiger partial charge in [0, 0.05) is 0 Å². The third-order valence-electron chi connectivity index (χ3n) is 8.00. The van der Waals surface area contributed by atoms with Gasteiger partial charge in [-0.2, -0.15) is 0 Å².